The van der Waals surface area contributed by atoms with Crippen LogP contribution in [0, 0.1) is 18.6 Å². The van der Waals surface area contributed by atoms with Gasteiger partial charge in [0.05, 0.1) is 29.6 Å². The second kappa shape index (κ2) is 8.50. The van der Waals surface area contributed by atoms with E-state index in [0.717, 1.165) is 30.3 Å². The van der Waals surface area contributed by atoms with Crippen molar-refractivity contribution < 1.29 is 31.5 Å². The molecule has 12 heteroatoms. The molecule has 0 aliphatic carbocycles. The molecule has 0 radical (unpaired) electrons. The number of benzene rings is 1. The van der Waals surface area contributed by atoms with E-state index in [2.05, 4.69) is 20.7 Å². The SMILES string of the molecule is Cc1c(C(=O)NCC(=O)Nc2ccc(F)c(F)c2)cnn1-c1ccc(C(F)(F)F)cn1. The molecule has 0 spiro atoms. The van der Waals surface area contributed by atoms with Crippen LogP contribution in [-0.4, -0.2) is 33.1 Å². The van der Waals surface area contributed by atoms with Gasteiger partial charge in [-0.15, -0.1) is 0 Å². The lowest BCUT2D eigenvalue weighted by Gasteiger charge is -2.09. The Kier molecular flexibility index (Phi) is 5.99. The van der Waals surface area contributed by atoms with Gasteiger partial charge in [-0.1, -0.05) is 0 Å². The third-order valence-electron chi connectivity index (χ3n) is 4.16. The second-order valence-electron chi connectivity index (χ2n) is 6.32. The van der Waals surface area contributed by atoms with Crippen LogP contribution in [0.5, 0.6) is 0 Å². The summed E-state index contributed by atoms with van der Waals surface area (Å²) in [5.41, 5.74) is -0.560. The smallest absolute Gasteiger partial charge is 0.343 e. The Morgan fingerprint density at radius 3 is 2.42 bits per heavy atom. The number of hydrogen-bond donors (Lipinski definition) is 2. The van der Waals surface area contributed by atoms with Gasteiger partial charge >= 0.3 is 6.18 Å². The Morgan fingerprint density at radius 1 is 1.06 bits per heavy atom. The lowest BCUT2D eigenvalue weighted by molar-refractivity contribution is -0.137. The van der Waals surface area contributed by atoms with Crippen molar-refractivity contribution in [2.45, 2.75) is 13.1 Å². The lowest BCUT2D eigenvalue weighted by atomic mass is 10.2. The third kappa shape index (κ3) is 5.02. The molecule has 162 valence electrons. The number of nitrogens with one attached hydrogen (secondary N) is 2. The normalized spacial score (nSPS) is 11.3. The van der Waals surface area contributed by atoms with Crippen molar-refractivity contribution >= 4 is 17.5 Å². The number of aromatic nitrogens is 3. The summed E-state index contributed by atoms with van der Waals surface area (Å²) in [4.78, 5) is 27.9. The molecule has 2 heterocycles. The zero-order chi connectivity index (χ0) is 22.8. The summed E-state index contributed by atoms with van der Waals surface area (Å²) in [6.45, 7) is 1.03. The van der Waals surface area contributed by atoms with Crippen molar-refractivity contribution in [3.8, 4) is 5.82 Å². The predicted molar refractivity (Wildman–Crippen MR) is 98.4 cm³/mol. The zero-order valence-corrected chi connectivity index (χ0v) is 15.8. The molecule has 0 fully saturated rings. The van der Waals surface area contributed by atoms with E-state index in [4.69, 9.17) is 0 Å². The van der Waals surface area contributed by atoms with Crippen LogP contribution in [0.25, 0.3) is 5.82 Å². The number of nitrogens with zero attached hydrogens (tertiary/aromatic N) is 3. The Balaban J connectivity index is 1.64. The van der Waals surface area contributed by atoms with Gasteiger partial charge in [-0.2, -0.15) is 18.3 Å². The molecule has 0 saturated carbocycles. The van der Waals surface area contributed by atoms with E-state index in [1.54, 1.807) is 0 Å². The Labute approximate surface area is 171 Å². The molecule has 0 atom stereocenters. The maximum absolute atomic E-state index is 13.2. The standard InChI is InChI=1S/C19H14F5N5O2/c1-10-13(8-27-29(10)16-5-2-11(7-25-16)19(22,23)24)18(31)26-9-17(30)28-12-3-4-14(20)15(21)6-12/h2-8H,9H2,1H3,(H,26,31)(H,28,30). The molecule has 0 aliphatic heterocycles. The lowest BCUT2D eigenvalue weighted by Crippen LogP contribution is -2.33. The van der Waals surface area contributed by atoms with Gasteiger partial charge in [0.25, 0.3) is 5.91 Å². The molecule has 0 bridgehead atoms. The Bertz CT molecular complexity index is 1130. The van der Waals surface area contributed by atoms with Gasteiger partial charge in [-0.05, 0) is 31.2 Å². The van der Waals surface area contributed by atoms with Gasteiger partial charge in [-0.25, -0.2) is 18.4 Å². The van der Waals surface area contributed by atoms with E-state index in [0.29, 0.717) is 6.20 Å². The summed E-state index contributed by atoms with van der Waals surface area (Å²) in [5, 5.41) is 8.58. The minimum atomic E-state index is -4.53. The van der Waals surface area contributed by atoms with Crippen LogP contribution < -0.4 is 10.6 Å². The average molecular weight is 439 g/mol. The van der Waals surface area contributed by atoms with Gasteiger partial charge in [0.15, 0.2) is 17.5 Å². The fraction of sp³-hybridized carbons (Fsp3) is 0.158. The summed E-state index contributed by atoms with van der Waals surface area (Å²) in [6.07, 6.45) is -2.70. The number of halogens is 5. The fourth-order valence-electron chi connectivity index (χ4n) is 2.58. The number of rotatable bonds is 5. The highest BCUT2D eigenvalue weighted by Gasteiger charge is 2.30. The first kappa shape index (κ1) is 21.9. The van der Waals surface area contributed by atoms with Crippen molar-refractivity contribution in [2.75, 3.05) is 11.9 Å². The molecule has 3 aromatic rings. The molecule has 2 amide bonds. The quantitative estimate of drug-likeness (QED) is 0.598. The summed E-state index contributed by atoms with van der Waals surface area (Å²) < 4.78 is 65.2. The van der Waals surface area contributed by atoms with E-state index in [1.165, 1.54) is 17.8 Å². The first-order valence-electron chi connectivity index (χ1n) is 8.67. The van der Waals surface area contributed by atoms with Crippen LogP contribution in [0.2, 0.25) is 0 Å². The first-order chi connectivity index (χ1) is 14.6. The van der Waals surface area contributed by atoms with Crippen molar-refractivity contribution in [2.24, 2.45) is 0 Å². The number of hydrogen-bond acceptors (Lipinski definition) is 4. The predicted octanol–water partition coefficient (Wildman–Crippen LogP) is 3.24. The Hall–Kier alpha value is -3.83. The maximum atomic E-state index is 13.2. The molecule has 1 aromatic carbocycles. The molecule has 2 N–H and O–H groups in total. The van der Waals surface area contributed by atoms with Gasteiger partial charge < -0.3 is 10.6 Å². The average Bonchev–Trinajstić information content (AvgIpc) is 3.10. The monoisotopic (exact) mass is 439 g/mol. The van der Waals surface area contributed by atoms with Crippen LogP contribution in [0.4, 0.5) is 27.6 Å². The van der Waals surface area contributed by atoms with Crippen molar-refractivity contribution in [3.63, 3.8) is 0 Å². The molecule has 2 aromatic heterocycles. The number of carbonyl (C=O) groups is 2. The molecule has 3 rings (SSSR count). The molecular formula is C19H14F5N5O2. The molecule has 31 heavy (non-hydrogen) atoms. The summed E-state index contributed by atoms with van der Waals surface area (Å²) >= 11 is 0. The zero-order valence-electron chi connectivity index (χ0n) is 15.8. The van der Waals surface area contributed by atoms with Gasteiger partial charge in [0, 0.05) is 18.0 Å². The largest absolute Gasteiger partial charge is 0.417 e. The van der Waals surface area contributed by atoms with Crippen molar-refractivity contribution in [3.05, 3.63) is 71.2 Å². The van der Waals surface area contributed by atoms with Crippen LogP contribution >= 0.6 is 0 Å². The number of alkyl halides is 3. The number of anilines is 1. The summed E-state index contributed by atoms with van der Waals surface area (Å²) in [7, 11) is 0. The van der Waals surface area contributed by atoms with Crippen molar-refractivity contribution in [1.29, 1.82) is 0 Å². The minimum absolute atomic E-state index is 0.00975. The van der Waals surface area contributed by atoms with Crippen molar-refractivity contribution in [1.82, 2.24) is 20.1 Å². The number of amides is 2. The van der Waals surface area contributed by atoms with E-state index in [1.807, 2.05) is 0 Å². The molecular weight excluding hydrogens is 425 g/mol. The van der Waals surface area contributed by atoms with Gasteiger partial charge in [0.1, 0.15) is 0 Å². The minimum Gasteiger partial charge on any atom is -0.343 e. The first-order valence-corrected chi connectivity index (χ1v) is 8.67. The van der Waals surface area contributed by atoms with E-state index in [-0.39, 0.29) is 22.8 Å². The van der Waals surface area contributed by atoms with Crippen LogP contribution in [0.15, 0.2) is 42.7 Å². The summed E-state index contributed by atoms with van der Waals surface area (Å²) in [6, 6.07) is 4.74. The highest BCUT2D eigenvalue weighted by Crippen LogP contribution is 2.28. The molecule has 0 saturated heterocycles. The van der Waals surface area contributed by atoms with Crippen LogP contribution in [0.1, 0.15) is 21.6 Å². The second-order valence-corrected chi connectivity index (χ2v) is 6.32. The Morgan fingerprint density at radius 2 is 1.81 bits per heavy atom. The van der Waals surface area contributed by atoms with E-state index >= 15 is 0 Å². The number of carbonyl (C=O) groups excluding carboxylic acids is 2. The van der Waals surface area contributed by atoms with E-state index in [9.17, 15) is 31.5 Å². The van der Waals surface area contributed by atoms with E-state index < -0.39 is 41.7 Å². The molecule has 0 unspecified atom stereocenters. The topological polar surface area (TPSA) is 88.9 Å². The highest BCUT2D eigenvalue weighted by molar-refractivity contribution is 5.99. The summed E-state index contributed by atoms with van der Waals surface area (Å²) in [5.74, 6) is -3.49. The van der Waals surface area contributed by atoms with Crippen LogP contribution in [0.3, 0.4) is 0 Å². The van der Waals surface area contributed by atoms with Gasteiger partial charge in [0.2, 0.25) is 5.91 Å². The fourth-order valence-corrected chi connectivity index (χ4v) is 2.58. The third-order valence-corrected chi connectivity index (χ3v) is 4.16. The van der Waals surface area contributed by atoms with Crippen LogP contribution in [-0.2, 0) is 11.0 Å². The maximum Gasteiger partial charge on any atom is 0.417 e. The van der Waals surface area contributed by atoms with Gasteiger partial charge in [-0.3, -0.25) is 9.59 Å². The molecule has 0 aliphatic rings. The molecule has 7 nitrogen and oxygen atoms in total. The number of pyridine rings is 1. The highest BCUT2D eigenvalue weighted by atomic mass is 19.4.